The molecule has 4 aromatic rings. The van der Waals surface area contributed by atoms with Crippen molar-refractivity contribution in [1.82, 2.24) is 4.98 Å². The van der Waals surface area contributed by atoms with Crippen LogP contribution in [0.1, 0.15) is 32.7 Å². The third kappa shape index (κ3) is 4.37. The molecule has 0 fully saturated rings. The zero-order valence-electron chi connectivity index (χ0n) is 18.2. The molecule has 6 nitrogen and oxygen atoms in total. The SMILES string of the molecule is O=C(OC(=O)C(O)CO)c1ccc(C(c2ccccc2)(c2ccccc2)c2ccccc2)cn1. The molecule has 1 aromatic heterocycles. The molecule has 2 N–H and O–H groups in total. The van der Waals surface area contributed by atoms with Gasteiger partial charge in [-0.1, -0.05) is 97.1 Å². The van der Waals surface area contributed by atoms with Gasteiger partial charge in [0.2, 0.25) is 0 Å². The highest BCUT2D eigenvalue weighted by atomic mass is 16.6. The first-order valence-corrected chi connectivity index (χ1v) is 10.8. The predicted octanol–water partition coefficient (Wildman–Crippen LogP) is 3.50. The van der Waals surface area contributed by atoms with E-state index in [2.05, 4.69) is 46.1 Å². The molecule has 1 atom stereocenters. The fraction of sp³-hybridized carbons (Fsp3) is 0.107. The van der Waals surface area contributed by atoms with Crippen molar-refractivity contribution in [2.24, 2.45) is 0 Å². The van der Waals surface area contributed by atoms with Crippen LogP contribution >= 0.6 is 0 Å². The topological polar surface area (TPSA) is 96.7 Å². The summed E-state index contributed by atoms with van der Waals surface area (Å²) in [6.45, 7) is -0.841. The number of aliphatic hydroxyl groups is 2. The molecule has 0 saturated heterocycles. The van der Waals surface area contributed by atoms with Crippen molar-refractivity contribution < 1.29 is 24.5 Å². The minimum Gasteiger partial charge on any atom is -0.393 e. The molecule has 6 heteroatoms. The molecule has 1 unspecified atom stereocenters. The molecule has 0 bridgehead atoms. The van der Waals surface area contributed by atoms with Crippen LogP contribution in [0.2, 0.25) is 0 Å². The van der Waals surface area contributed by atoms with Crippen molar-refractivity contribution in [1.29, 1.82) is 0 Å². The average Bonchev–Trinajstić information content (AvgIpc) is 2.91. The first-order chi connectivity index (χ1) is 16.6. The van der Waals surface area contributed by atoms with E-state index in [1.165, 1.54) is 6.07 Å². The van der Waals surface area contributed by atoms with Gasteiger partial charge in [0, 0.05) is 6.20 Å². The van der Waals surface area contributed by atoms with Crippen LogP contribution in [0, 0.1) is 0 Å². The molecule has 0 spiro atoms. The average molecular weight is 453 g/mol. The molecule has 0 radical (unpaired) electrons. The van der Waals surface area contributed by atoms with Crippen LogP contribution in [-0.2, 0) is 14.9 Å². The fourth-order valence-corrected chi connectivity index (χ4v) is 4.09. The second kappa shape index (κ2) is 10.2. The van der Waals surface area contributed by atoms with Crippen LogP contribution < -0.4 is 0 Å². The van der Waals surface area contributed by atoms with Gasteiger partial charge in [0.05, 0.1) is 12.0 Å². The Morgan fingerprint density at radius 3 is 1.59 bits per heavy atom. The maximum Gasteiger partial charge on any atom is 0.364 e. The van der Waals surface area contributed by atoms with Gasteiger partial charge in [-0.15, -0.1) is 0 Å². The Hall–Kier alpha value is -4.13. The third-order valence-corrected chi connectivity index (χ3v) is 5.66. The standard InChI is InChI=1S/C28H23NO5/c30-19-25(31)27(33)34-26(32)24-17-16-23(18-29-24)28(20-10-4-1-5-11-20,21-12-6-2-7-13-21)22-14-8-3-9-15-22/h1-18,25,30-31H,19H2. The Labute approximate surface area is 197 Å². The number of pyridine rings is 1. The van der Waals surface area contributed by atoms with Crippen LogP contribution in [0.3, 0.4) is 0 Å². The summed E-state index contributed by atoms with van der Waals surface area (Å²) >= 11 is 0. The van der Waals surface area contributed by atoms with Gasteiger partial charge in [0.1, 0.15) is 5.69 Å². The summed E-state index contributed by atoms with van der Waals surface area (Å²) in [6, 6.07) is 33.3. The maximum atomic E-state index is 12.3. The highest BCUT2D eigenvalue weighted by Crippen LogP contribution is 2.44. The largest absolute Gasteiger partial charge is 0.393 e. The second-order valence-electron chi connectivity index (χ2n) is 7.69. The van der Waals surface area contributed by atoms with Crippen LogP contribution in [0.5, 0.6) is 0 Å². The lowest BCUT2D eigenvalue weighted by Crippen LogP contribution is -2.31. The van der Waals surface area contributed by atoms with E-state index in [4.69, 9.17) is 5.11 Å². The molecular formula is C28H23NO5. The van der Waals surface area contributed by atoms with Crippen molar-refractivity contribution in [3.8, 4) is 0 Å². The van der Waals surface area contributed by atoms with Crippen LogP contribution in [-0.4, -0.2) is 39.8 Å². The number of aromatic nitrogens is 1. The van der Waals surface area contributed by atoms with E-state index in [0.29, 0.717) is 0 Å². The minimum absolute atomic E-state index is 0.0923. The predicted molar refractivity (Wildman–Crippen MR) is 126 cm³/mol. The fourth-order valence-electron chi connectivity index (χ4n) is 4.09. The van der Waals surface area contributed by atoms with Crippen LogP contribution in [0.25, 0.3) is 0 Å². The van der Waals surface area contributed by atoms with E-state index in [-0.39, 0.29) is 5.69 Å². The van der Waals surface area contributed by atoms with E-state index >= 15 is 0 Å². The van der Waals surface area contributed by atoms with Gasteiger partial charge in [-0.05, 0) is 28.3 Å². The first-order valence-electron chi connectivity index (χ1n) is 10.8. The summed E-state index contributed by atoms with van der Waals surface area (Å²) in [6.07, 6.45) is -0.193. The molecule has 0 aliphatic carbocycles. The number of benzene rings is 3. The Balaban J connectivity index is 1.85. The zero-order valence-corrected chi connectivity index (χ0v) is 18.2. The van der Waals surface area contributed by atoms with Gasteiger partial charge in [0.15, 0.2) is 6.10 Å². The Morgan fingerprint density at radius 2 is 1.21 bits per heavy atom. The van der Waals surface area contributed by atoms with Gasteiger partial charge >= 0.3 is 11.9 Å². The van der Waals surface area contributed by atoms with Gasteiger partial charge in [-0.3, -0.25) is 0 Å². The minimum atomic E-state index is -1.79. The van der Waals surface area contributed by atoms with E-state index in [9.17, 15) is 14.7 Å². The summed E-state index contributed by atoms with van der Waals surface area (Å²) in [5.41, 5.74) is 3.06. The molecular weight excluding hydrogens is 430 g/mol. The highest BCUT2D eigenvalue weighted by Gasteiger charge is 2.38. The highest BCUT2D eigenvalue weighted by molar-refractivity contribution is 5.96. The summed E-state index contributed by atoms with van der Waals surface area (Å²) in [7, 11) is 0. The van der Waals surface area contributed by atoms with E-state index < -0.39 is 30.1 Å². The Morgan fingerprint density at radius 1 is 0.735 bits per heavy atom. The molecule has 3 aromatic carbocycles. The van der Waals surface area contributed by atoms with Gasteiger partial charge in [-0.25, -0.2) is 14.6 Å². The molecule has 170 valence electrons. The van der Waals surface area contributed by atoms with Gasteiger partial charge in [-0.2, -0.15) is 0 Å². The van der Waals surface area contributed by atoms with Crippen molar-refractivity contribution >= 4 is 11.9 Å². The first kappa shape index (κ1) is 23.0. The van der Waals surface area contributed by atoms with E-state index in [1.807, 2.05) is 54.6 Å². The Kier molecular flexibility index (Phi) is 6.92. The summed E-state index contributed by atoms with van der Waals surface area (Å²) in [5.74, 6) is -2.24. The monoisotopic (exact) mass is 453 g/mol. The second-order valence-corrected chi connectivity index (χ2v) is 7.69. The van der Waals surface area contributed by atoms with Crippen molar-refractivity contribution in [3.05, 3.63) is 137 Å². The molecule has 34 heavy (non-hydrogen) atoms. The molecule has 0 aliphatic heterocycles. The molecule has 0 amide bonds. The van der Waals surface area contributed by atoms with Crippen molar-refractivity contribution in [3.63, 3.8) is 0 Å². The lowest BCUT2D eigenvalue weighted by Gasteiger charge is -2.36. The van der Waals surface area contributed by atoms with Crippen LogP contribution in [0.15, 0.2) is 109 Å². The quantitative estimate of drug-likeness (QED) is 0.253. The lowest BCUT2D eigenvalue weighted by atomic mass is 9.65. The van der Waals surface area contributed by atoms with E-state index in [1.54, 1.807) is 12.3 Å². The number of aliphatic hydroxyl groups excluding tert-OH is 2. The summed E-state index contributed by atoms with van der Waals surface area (Å²) in [5, 5.41) is 18.2. The number of carbonyl (C=O) groups excluding carboxylic acids is 2. The number of hydrogen-bond acceptors (Lipinski definition) is 6. The van der Waals surface area contributed by atoms with Gasteiger partial charge < -0.3 is 14.9 Å². The maximum absolute atomic E-state index is 12.3. The summed E-state index contributed by atoms with van der Waals surface area (Å²) in [4.78, 5) is 28.3. The van der Waals surface area contributed by atoms with Crippen LogP contribution in [0.4, 0.5) is 0 Å². The normalized spacial score (nSPS) is 12.1. The lowest BCUT2D eigenvalue weighted by molar-refractivity contribution is -0.149. The molecule has 1 heterocycles. The Bertz CT molecular complexity index is 1150. The smallest absolute Gasteiger partial charge is 0.364 e. The molecule has 4 rings (SSSR count). The number of hydrogen-bond donors (Lipinski definition) is 2. The number of nitrogens with zero attached hydrogens (tertiary/aromatic N) is 1. The number of ether oxygens (including phenoxy) is 1. The van der Waals surface area contributed by atoms with E-state index in [0.717, 1.165) is 22.3 Å². The van der Waals surface area contributed by atoms with Gasteiger partial charge in [0.25, 0.3) is 0 Å². The summed E-state index contributed by atoms with van der Waals surface area (Å²) < 4.78 is 4.62. The third-order valence-electron chi connectivity index (χ3n) is 5.66. The number of carbonyl (C=O) groups is 2. The number of rotatable bonds is 7. The molecule has 0 saturated carbocycles. The van der Waals surface area contributed by atoms with Crippen molar-refractivity contribution in [2.45, 2.75) is 11.5 Å². The number of esters is 2. The van der Waals surface area contributed by atoms with Crippen molar-refractivity contribution in [2.75, 3.05) is 6.61 Å². The molecule has 0 aliphatic rings. The zero-order chi connectivity index (χ0) is 24.0.